The largest absolute Gasteiger partial charge is 0.479 e. The number of nitrogen functional groups attached to an aromatic ring is 1. The molecule has 1 fully saturated rings. The van der Waals surface area contributed by atoms with Crippen molar-refractivity contribution in [3.63, 3.8) is 0 Å². The molecule has 1 atom stereocenters. The number of hydroxylamine groups is 2. The summed E-state index contributed by atoms with van der Waals surface area (Å²) in [5.74, 6) is -3.28. The van der Waals surface area contributed by atoms with E-state index in [0.29, 0.717) is 0 Å². The van der Waals surface area contributed by atoms with E-state index in [1.165, 1.54) is 12.3 Å². The summed E-state index contributed by atoms with van der Waals surface area (Å²) < 4.78 is 0. The van der Waals surface area contributed by atoms with Gasteiger partial charge < -0.3 is 15.7 Å². The second kappa shape index (κ2) is 8.48. The van der Waals surface area contributed by atoms with E-state index in [1.807, 2.05) is 0 Å². The maximum atomic E-state index is 12.9. The van der Waals surface area contributed by atoms with E-state index in [-0.39, 0.29) is 28.7 Å². The van der Waals surface area contributed by atoms with Crippen LogP contribution in [-0.2, 0) is 28.9 Å². The van der Waals surface area contributed by atoms with Gasteiger partial charge in [-0.2, -0.15) is 0 Å². The molecule has 164 valence electrons. The minimum atomic E-state index is -1.26. The predicted octanol–water partition coefficient (Wildman–Crippen LogP) is 1.03. The molecule has 1 aliphatic rings. The summed E-state index contributed by atoms with van der Waals surface area (Å²) in [6.45, 7) is 7.13. The van der Waals surface area contributed by atoms with E-state index < -0.39 is 41.3 Å². The Labute approximate surface area is 176 Å². The Morgan fingerprint density at radius 3 is 2.50 bits per heavy atom. The Bertz CT molecular complexity index is 906. The second-order valence-electron chi connectivity index (χ2n) is 7.80. The monoisotopic (exact) mass is 440 g/mol. The van der Waals surface area contributed by atoms with Crippen molar-refractivity contribution < 1.29 is 34.0 Å². The second-order valence-corrected chi connectivity index (χ2v) is 8.69. The lowest BCUT2D eigenvalue weighted by atomic mass is 9.74. The third-order valence-electron chi connectivity index (χ3n) is 4.80. The van der Waals surface area contributed by atoms with Crippen LogP contribution >= 0.6 is 11.3 Å². The average molecular weight is 440 g/mol. The molecule has 1 saturated heterocycles. The Morgan fingerprint density at radius 1 is 1.40 bits per heavy atom. The lowest BCUT2D eigenvalue weighted by Gasteiger charge is -2.54. The minimum Gasteiger partial charge on any atom is -0.479 e. The number of carboxylic acid groups (broad SMARTS) is 1. The molecule has 11 nitrogen and oxygen atoms in total. The van der Waals surface area contributed by atoms with Crippen LogP contribution in [0.4, 0.5) is 5.13 Å². The number of rotatable bonds is 10. The molecule has 12 heteroatoms. The molecule has 0 bridgehead atoms. The Kier molecular flexibility index (Phi) is 6.62. The number of aliphatic carboxylic acids is 1. The van der Waals surface area contributed by atoms with Crippen LogP contribution in [0.5, 0.6) is 0 Å². The molecule has 1 aromatic rings. The van der Waals surface area contributed by atoms with E-state index in [1.54, 1.807) is 27.7 Å². The molecule has 1 amide bonds. The molecule has 1 aromatic heterocycles. The van der Waals surface area contributed by atoms with Gasteiger partial charge in [0.05, 0.1) is 11.5 Å². The smallest absolute Gasteiger partial charge is 0.344 e. The lowest BCUT2D eigenvalue weighted by molar-refractivity contribution is -0.299. The van der Waals surface area contributed by atoms with Gasteiger partial charge in [-0.05, 0) is 34.6 Å². The van der Waals surface area contributed by atoms with Crippen molar-refractivity contribution in [3.8, 4) is 0 Å². The van der Waals surface area contributed by atoms with Crippen LogP contribution in [0, 0.1) is 5.92 Å². The Morgan fingerprint density at radius 2 is 2.03 bits per heavy atom. The zero-order chi connectivity index (χ0) is 22.9. The van der Waals surface area contributed by atoms with Gasteiger partial charge in [0.1, 0.15) is 11.3 Å². The van der Waals surface area contributed by atoms with Crippen LogP contribution in [0.25, 0.3) is 0 Å². The first-order valence-electron chi connectivity index (χ1n) is 8.98. The van der Waals surface area contributed by atoms with Crippen molar-refractivity contribution in [3.05, 3.63) is 11.1 Å². The van der Waals surface area contributed by atoms with Crippen molar-refractivity contribution >= 4 is 45.6 Å². The highest BCUT2D eigenvalue weighted by molar-refractivity contribution is 7.13. The molecule has 0 unspecified atom stereocenters. The average Bonchev–Trinajstić information content (AvgIpc) is 3.06. The van der Waals surface area contributed by atoms with Crippen molar-refractivity contribution in [2.45, 2.75) is 52.2 Å². The Hall–Kier alpha value is -2.86. The fourth-order valence-corrected chi connectivity index (χ4v) is 3.21. The maximum Gasteiger partial charge on any atom is 0.344 e. The minimum absolute atomic E-state index is 0.128. The molecular weight excluding hydrogens is 416 g/mol. The number of oxime groups is 1. The van der Waals surface area contributed by atoms with Gasteiger partial charge in [0.25, 0.3) is 5.91 Å². The number of ketones is 2. The van der Waals surface area contributed by atoms with E-state index in [9.17, 15) is 19.2 Å². The first-order chi connectivity index (χ1) is 13.8. The number of nitrogens with two attached hydrogens (primary N) is 1. The van der Waals surface area contributed by atoms with Gasteiger partial charge in [0.15, 0.2) is 22.4 Å². The van der Waals surface area contributed by atoms with Crippen molar-refractivity contribution in [2.75, 3.05) is 12.3 Å². The van der Waals surface area contributed by atoms with E-state index in [2.05, 4.69) is 10.1 Å². The third-order valence-corrected chi connectivity index (χ3v) is 5.48. The molecule has 0 saturated carbocycles. The van der Waals surface area contributed by atoms with Gasteiger partial charge in [-0.25, -0.2) is 14.8 Å². The number of nitrogens with zero attached hydrogens (tertiary/aromatic N) is 3. The molecule has 0 radical (unpaired) electrons. The first kappa shape index (κ1) is 23.4. The van der Waals surface area contributed by atoms with Crippen molar-refractivity contribution in [1.82, 2.24) is 10.0 Å². The van der Waals surface area contributed by atoms with E-state index in [0.717, 1.165) is 16.4 Å². The number of hydrogen-bond donors (Lipinski definition) is 2. The van der Waals surface area contributed by atoms with Crippen LogP contribution in [-0.4, -0.2) is 62.1 Å². The first-order valence-corrected chi connectivity index (χ1v) is 9.86. The summed E-state index contributed by atoms with van der Waals surface area (Å²) in [4.78, 5) is 62.1. The highest BCUT2D eigenvalue weighted by Gasteiger charge is 2.57. The topological polar surface area (TPSA) is 161 Å². The summed E-state index contributed by atoms with van der Waals surface area (Å²) in [5.41, 5.74) is 3.44. The normalized spacial score (nSPS) is 18.7. The molecular formula is C18H24N4O7S. The number of anilines is 1. The fraction of sp³-hybridized carbons (Fsp3) is 0.556. The SMILES string of the molecule is CC(=O)C(C)(C)ON1C(=O)[C@@H](CC(=O)/C(=N\OCC(=O)O)c2csc(N)n2)C1(C)C. The summed E-state index contributed by atoms with van der Waals surface area (Å²) in [6, 6.07) is 0. The number of hydrogen-bond acceptors (Lipinski definition) is 10. The fourth-order valence-electron chi connectivity index (χ4n) is 2.67. The number of carbonyl (C=O) groups is 4. The number of aromatic nitrogens is 1. The summed E-state index contributed by atoms with van der Waals surface area (Å²) in [6.07, 6.45) is -0.237. The van der Waals surface area contributed by atoms with Gasteiger partial charge in [-0.3, -0.25) is 19.2 Å². The van der Waals surface area contributed by atoms with Crippen molar-refractivity contribution in [1.29, 1.82) is 0 Å². The van der Waals surface area contributed by atoms with Crippen LogP contribution in [0.1, 0.15) is 46.7 Å². The van der Waals surface area contributed by atoms with Gasteiger partial charge >= 0.3 is 5.97 Å². The number of β-lactam (4-membered cyclic amide) rings is 1. The zero-order valence-corrected chi connectivity index (χ0v) is 18.1. The predicted molar refractivity (Wildman–Crippen MR) is 107 cm³/mol. The van der Waals surface area contributed by atoms with E-state index >= 15 is 0 Å². The number of thiazole rings is 1. The molecule has 0 spiro atoms. The standard InChI is InChI=1S/C18H24N4O7S/c1-9(23)18(4,5)29-22-15(27)10(17(22,2)3)6-12(24)14(21-28-7-13(25)26)11-8-30-16(19)20-11/h8,10H,6-7H2,1-5H3,(H2,19,20)(H,25,26)/b21-14-/t10-/m1/s1. The molecule has 2 rings (SSSR count). The molecule has 0 aromatic carbocycles. The number of carboxylic acids is 1. The highest BCUT2D eigenvalue weighted by atomic mass is 32.1. The van der Waals surface area contributed by atoms with E-state index in [4.69, 9.17) is 20.5 Å². The molecule has 0 aliphatic carbocycles. The Balaban J connectivity index is 2.18. The zero-order valence-electron chi connectivity index (χ0n) is 17.3. The molecule has 3 N–H and O–H groups in total. The summed E-state index contributed by atoms with van der Waals surface area (Å²) >= 11 is 1.07. The van der Waals surface area contributed by atoms with Crippen LogP contribution in [0.15, 0.2) is 10.5 Å². The van der Waals surface area contributed by atoms with Crippen LogP contribution in [0.2, 0.25) is 0 Å². The lowest BCUT2D eigenvalue weighted by Crippen LogP contribution is -2.70. The molecule has 2 heterocycles. The highest BCUT2D eigenvalue weighted by Crippen LogP contribution is 2.41. The third kappa shape index (κ3) is 4.82. The van der Waals surface area contributed by atoms with Crippen molar-refractivity contribution in [2.24, 2.45) is 11.1 Å². The summed E-state index contributed by atoms with van der Waals surface area (Å²) in [5, 5.41) is 15.1. The van der Waals surface area contributed by atoms with Gasteiger partial charge in [0.2, 0.25) is 6.61 Å². The number of carbonyl (C=O) groups excluding carboxylic acids is 3. The van der Waals surface area contributed by atoms with Crippen LogP contribution < -0.4 is 5.73 Å². The molecule has 30 heavy (non-hydrogen) atoms. The van der Waals surface area contributed by atoms with Gasteiger partial charge in [-0.1, -0.05) is 5.16 Å². The quantitative estimate of drug-likeness (QED) is 0.307. The van der Waals surface area contributed by atoms with Gasteiger partial charge in [-0.15, -0.1) is 11.3 Å². The maximum absolute atomic E-state index is 12.9. The summed E-state index contributed by atoms with van der Waals surface area (Å²) in [7, 11) is 0. The number of amides is 1. The van der Waals surface area contributed by atoms with Gasteiger partial charge in [0, 0.05) is 11.8 Å². The number of Topliss-reactive ketones (excluding diaryl/α,β-unsaturated/α-hetero) is 2. The van der Waals surface area contributed by atoms with Crippen LogP contribution in [0.3, 0.4) is 0 Å². The molecule has 1 aliphatic heterocycles.